The average molecular weight is 382 g/mol. The zero-order valence-electron chi connectivity index (χ0n) is 10.7. The number of nitrogens with one attached hydrogen (secondary N) is 1. The van der Waals surface area contributed by atoms with Crippen LogP contribution in [0.2, 0.25) is 0 Å². The molecule has 1 atom stereocenters. The summed E-state index contributed by atoms with van der Waals surface area (Å²) in [4.78, 5) is 21.2. The van der Waals surface area contributed by atoms with E-state index in [0.717, 1.165) is 0 Å². The number of carbonyl (C=O) groups is 2. The van der Waals surface area contributed by atoms with Gasteiger partial charge in [0.05, 0.1) is 13.5 Å². The standard InChI is InChI=1S/C11H12BrNO7S/c1-20-8-3-2-6(12)4-9(8)21(18,19)13-7(11(16)17)5-10(14)15/h2-4,7,13H,5H2,1H3,(H,14,15)(H,16,17). The quantitative estimate of drug-likeness (QED) is 0.632. The highest BCUT2D eigenvalue weighted by molar-refractivity contribution is 9.10. The molecule has 0 saturated heterocycles. The van der Waals surface area contributed by atoms with Crippen molar-refractivity contribution in [2.75, 3.05) is 7.11 Å². The fourth-order valence-corrected chi connectivity index (χ4v) is 3.36. The smallest absolute Gasteiger partial charge is 0.322 e. The Hall–Kier alpha value is -1.65. The number of aliphatic carboxylic acids is 2. The van der Waals surface area contributed by atoms with Crippen LogP contribution in [0.4, 0.5) is 0 Å². The Morgan fingerprint density at radius 2 is 2.00 bits per heavy atom. The molecule has 0 aromatic heterocycles. The second-order valence-corrected chi connectivity index (χ2v) is 6.50. The van der Waals surface area contributed by atoms with Gasteiger partial charge in [0, 0.05) is 4.47 Å². The van der Waals surface area contributed by atoms with Crippen LogP contribution in [0.15, 0.2) is 27.6 Å². The molecule has 0 aliphatic carbocycles. The number of carboxylic acid groups (broad SMARTS) is 2. The van der Waals surface area contributed by atoms with E-state index in [4.69, 9.17) is 14.9 Å². The molecule has 3 N–H and O–H groups in total. The van der Waals surface area contributed by atoms with E-state index in [2.05, 4.69) is 15.9 Å². The summed E-state index contributed by atoms with van der Waals surface area (Å²) in [6, 6.07) is 2.37. The maximum Gasteiger partial charge on any atom is 0.322 e. The molecule has 0 aliphatic rings. The maximum absolute atomic E-state index is 12.2. The van der Waals surface area contributed by atoms with Crippen LogP contribution in [-0.2, 0) is 19.6 Å². The lowest BCUT2D eigenvalue weighted by Crippen LogP contribution is -2.42. The number of ether oxygens (including phenoxy) is 1. The van der Waals surface area contributed by atoms with Crippen LogP contribution in [0.5, 0.6) is 5.75 Å². The maximum atomic E-state index is 12.2. The summed E-state index contributed by atoms with van der Waals surface area (Å²) in [5.41, 5.74) is 0. The summed E-state index contributed by atoms with van der Waals surface area (Å²) in [5, 5.41) is 17.5. The molecule has 0 fully saturated rings. The number of carboxylic acids is 2. The van der Waals surface area contributed by atoms with Crippen LogP contribution in [0, 0.1) is 0 Å². The number of hydrogen-bond donors (Lipinski definition) is 3. The van der Waals surface area contributed by atoms with Crippen molar-refractivity contribution in [2.24, 2.45) is 0 Å². The molecule has 1 rings (SSSR count). The average Bonchev–Trinajstić information content (AvgIpc) is 2.37. The number of methoxy groups -OCH3 is 1. The van der Waals surface area contributed by atoms with E-state index in [1.54, 1.807) is 6.07 Å². The first-order valence-electron chi connectivity index (χ1n) is 5.48. The second-order valence-electron chi connectivity index (χ2n) is 3.91. The number of hydrogen-bond acceptors (Lipinski definition) is 5. The van der Waals surface area contributed by atoms with Crippen molar-refractivity contribution in [2.45, 2.75) is 17.4 Å². The van der Waals surface area contributed by atoms with E-state index in [-0.39, 0.29) is 10.6 Å². The first-order chi connectivity index (χ1) is 9.67. The fourth-order valence-electron chi connectivity index (χ4n) is 1.47. The van der Waals surface area contributed by atoms with Crippen molar-refractivity contribution in [3.63, 3.8) is 0 Å². The van der Waals surface area contributed by atoms with Crippen LogP contribution in [0.1, 0.15) is 6.42 Å². The number of rotatable bonds is 7. The largest absolute Gasteiger partial charge is 0.495 e. The van der Waals surface area contributed by atoms with Crippen LogP contribution >= 0.6 is 15.9 Å². The molecule has 0 amide bonds. The minimum atomic E-state index is -4.26. The molecule has 0 bridgehead atoms. The van der Waals surface area contributed by atoms with Crippen molar-refractivity contribution in [1.82, 2.24) is 4.72 Å². The monoisotopic (exact) mass is 381 g/mol. The van der Waals surface area contributed by atoms with E-state index in [1.165, 1.54) is 19.2 Å². The molecular weight excluding hydrogens is 370 g/mol. The third kappa shape index (κ3) is 4.69. The summed E-state index contributed by atoms with van der Waals surface area (Å²) < 4.78 is 31.6. The van der Waals surface area contributed by atoms with Gasteiger partial charge in [-0.05, 0) is 18.2 Å². The molecule has 10 heteroatoms. The molecule has 1 aromatic carbocycles. The lowest BCUT2D eigenvalue weighted by atomic mass is 10.2. The van der Waals surface area contributed by atoms with Gasteiger partial charge in [-0.3, -0.25) is 9.59 Å². The highest BCUT2D eigenvalue weighted by Crippen LogP contribution is 2.27. The molecule has 1 unspecified atom stereocenters. The van der Waals surface area contributed by atoms with Crippen molar-refractivity contribution in [3.8, 4) is 5.75 Å². The second kappa shape index (κ2) is 6.87. The van der Waals surface area contributed by atoms with Crippen molar-refractivity contribution < 1.29 is 33.0 Å². The minimum Gasteiger partial charge on any atom is -0.495 e. The molecule has 0 spiro atoms. The Kier molecular flexibility index (Phi) is 5.70. The topological polar surface area (TPSA) is 130 Å². The van der Waals surface area contributed by atoms with Crippen molar-refractivity contribution >= 4 is 37.9 Å². The van der Waals surface area contributed by atoms with E-state index < -0.39 is 34.4 Å². The molecule has 21 heavy (non-hydrogen) atoms. The van der Waals surface area contributed by atoms with Gasteiger partial charge in [-0.15, -0.1) is 0 Å². The van der Waals surface area contributed by atoms with Crippen molar-refractivity contribution in [1.29, 1.82) is 0 Å². The van der Waals surface area contributed by atoms with Gasteiger partial charge in [-0.1, -0.05) is 15.9 Å². The summed E-state index contributed by atoms with van der Waals surface area (Å²) in [6.45, 7) is 0. The summed E-state index contributed by atoms with van der Waals surface area (Å²) in [5.74, 6) is -3.02. The Morgan fingerprint density at radius 3 is 2.48 bits per heavy atom. The van der Waals surface area contributed by atoms with Gasteiger partial charge in [0.15, 0.2) is 0 Å². The highest BCUT2D eigenvalue weighted by Gasteiger charge is 2.29. The van der Waals surface area contributed by atoms with Crippen LogP contribution < -0.4 is 9.46 Å². The van der Waals surface area contributed by atoms with Gasteiger partial charge in [0.25, 0.3) is 0 Å². The van der Waals surface area contributed by atoms with Gasteiger partial charge in [-0.25, -0.2) is 8.42 Å². The molecule has 1 aromatic rings. The predicted molar refractivity (Wildman–Crippen MR) is 74.7 cm³/mol. The normalized spacial score (nSPS) is 12.7. The Bertz CT molecular complexity index is 659. The van der Waals surface area contributed by atoms with Crippen LogP contribution in [0.25, 0.3) is 0 Å². The minimum absolute atomic E-state index is 0.00478. The Morgan fingerprint density at radius 1 is 1.38 bits per heavy atom. The highest BCUT2D eigenvalue weighted by atomic mass is 79.9. The number of sulfonamides is 1. The molecule has 116 valence electrons. The zero-order valence-corrected chi connectivity index (χ0v) is 13.1. The van der Waals surface area contributed by atoms with Gasteiger partial charge in [0.1, 0.15) is 16.7 Å². The van der Waals surface area contributed by atoms with Gasteiger partial charge < -0.3 is 14.9 Å². The molecule has 0 radical (unpaired) electrons. The van der Waals surface area contributed by atoms with Gasteiger partial charge in [-0.2, -0.15) is 4.72 Å². The molecule has 0 saturated carbocycles. The first kappa shape index (κ1) is 17.4. The summed E-state index contributed by atoms with van der Waals surface area (Å²) >= 11 is 3.10. The summed E-state index contributed by atoms with van der Waals surface area (Å²) in [7, 11) is -3.01. The zero-order chi connectivity index (χ0) is 16.2. The number of benzene rings is 1. The van der Waals surface area contributed by atoms with Crippen molar-refractivity contribution in [3.05, 3.63) is 22.7 Å². The molecule has 0 heterocycles. The molecule has 0 aliphatic heterocycles. The lowest BCUT2D eigenvalue weighted by molar-refractivity contribution is -0.145. The third-order valence-corrected chi connectivity index (χ3v) is 4.38. The first-order valence-corrected chi connectivity index (χ1v) is 7.75. The van der Waals surface area contributed by atoms with Crippen LogP contribution in [-0.4, -0.2) is 43.7 Å². The van der Waals surface area contributed by atoms with E-state index in [9.17, 15) is 18.0 Å². The lowest BCUT2D eigenvalue weighted by Gasteiger charge is -2.15. The van der Waals surface area contributed by atoms with E-state index in [1.807, 2.05) is 4.72 Å². The van der Waals surface area contributed by atoms with Gasteiger partial charge >= 0.3 is 11.9 Å². The van der Waals surface area contributed by atoms with Gasteiger partial charge in [0.2, 0.25) is 10.0 Å². The summed E-state index contributed by atoms with van der Waals surface area (Å²) in [6.07, 6.45) is -0.884. The Labute approximate surface area is 128 Å². The van der Waals surface area contributed by atoms with Crippen LogP contribution in [0.3, 0.4) is 0 Å². The third-order valence-electron chi connectivity index (χ3n) is 2.39. The fraction of sp³-hybridized carbons (Fsp3) is 0.273. The Balaban J connectivity index is 3.18. The van der Waals surface area contributed by atoms with E-state index in [0.29, 0.717) is 4.47 Å². The number of halogens is 1. The molecular formula is C11H12BrNO7S. The molecule has 8 nitrogen and oxygen atoms in total. The predicted octanol–water partition coefficient (Wildman–Crippen LogP) is 0.664. The SMILES string of the molecule is COc1ccc(Br)cc1S(=O)(=O)NC(CC(=O)O)C(=O)O. The van der Waals surface area contributed by atoms with E-state index >= 15 is 0 Å².